The fourth-order valence-electron chi connectivity index (χ4n) is 4.95. The van der Waals surface area contributed by atoms with Crippen LogP contribution in [-0.2, 0) is 17.9 Å². The van der Waals surface area contributed by atoms with Crippen LogP contribution in [0.1, 0.15) is 72.5 Å². The summed E-state index contributed by atoms with van der Waals surface area (Å²) in [6.45, 7) is 4.67. The topological polar surface area (TPSA) is 106 Å². The molecule has 2 heterocycles. The molecule has 0 spiro atoms. The zero-order valence-corrected chi connectivity index (χ0v) is 20.1. The average molecular weight is 468 g/mol. The molecule has 182 valence electrons. The third-order valence-electron chi connectivity index (χ3n) is 6.83. The molecule has 9 nitrogen and oxygen atoms in total. The number of ether oxygens (including phenoxy) is 1. The third kappa shape index (κ3) is 4.38. The van der Waals surface area contributed by atoms with Gasteiger partial charge in [0.25, 0.3) is 11.8 Å². The Morgan fingerprint density at radius 1 is 1.24 bits per heavy atom. The number of carbonyl (C=O) groups excluding carboxylic acids is 3. The van der Waals surface area contributed by atoms with Crippen molar-refractivity contribution in [3.8, 4) is 5.75 Å². The number of fused-ring (bicyclic) bond motifs is 1. The number of nitrogens with one attached hydrogen (secondary N) is 2. The summed E-state index contributed by atoms with van der Waals surface area (Å²) in [6, 6.07) is 7.57. The number of imidazole rings is 1. The summed E-state index contributed by atoms with van der Waals surface area (Å²) in [4.78, 5) is 45.8. The van der Waals surface area contributed by atoms with Gasteiger partial charge in [-0.2, -0.15) is 0 Å². The molecule has 1 fully saturated rings. The van der Waals surface area contributed by atoms with Crippen LogP contribution in [0.4, 0.5) is 0 Å². The number of methoxy groups -OCH3 is 1. The van der Waals surface area contributed by atoms with Gasteiger partial charge < -0.3 is 24.8 Å². The van der Waals surface area contributed by atoms with Gasteiger partial charge in [0, 0.05) is 24.7 Å². The van der Waals surface area contributed by atoms with Gasteiger partial charge in [0.15, 0.2) is 5.69 Å². The lowest BCUT2D eigenvalue weighted by atomic mass is 9.93. The average Bonchev–Trinajstić information content (AvgIpc) is 3.50. The van der Waals surface area contributed by atoms with E-state index in [-0.39, 0.29) is 42.3 Å². The minimum Gasteiger partial charge on any atom is -0.496 e. The van der Waals surface area contributed by atoms with Crippen LogP contribution in [-0.4, -0.2) is 57.4 Å². The van der Waals surface area contributed by atoms with Crippen LogP contribution in [0, 0.1) is 0 Å². The van der Waals surface area contributed by atoms with Crippen molar-refractivity contribution >= 4 is 17.7 Å². The highest BCUT2D eigenvalue weighted by Crippen LogP contribution is 2.30. The Morgan fingerprint density at radius 3 is 2.68 bits per heavy atom. The van der Waals surface area contributed by atoms with E-state index in [0.29, 0.717) is 18.7 Å². The lowest BCUT2D eigenvalue weighted by Gasteiger charge is -2.44. The number of benzene rings is 1. The summed E-state index contributed by atoms with van der Waals surface area (Å²) in [5, 5.41) is 5.99. The number of hydrogen-bond donors (Lipinski definition) is 2. The van der Waals surface area contributed by atoms with Gasteiger partial charge in [-0.05, 0) is 32.3 Å². The largest absolute Gasteiger partial charge is 0.496 e. The van der Waals surface area contributed by atoms with Crippen molar-refractivity contribution in [2.24, 2.45) is 0 Å². The molecule has 1 saturated carbocycles. The summed E-state index contributed by atoms with van der Waals surface area (Å²) in [5.74, 6) is -0.271. The van der Waals surface area contributed by atoms with Crippen molar-refractivity contribution in [2.45, 2.75) is 70.6 Å². The fourth-order valence-corrected chi connectivity index (χ4v) is 4.95. The minimum atomic E-state index is -1.05. The summed E-state index contributed by atoms with van der Waals surface area (Å²) >= 11 is 0. The molecule has 1 aliphatic heterocycles. The molecule has 1 atom stereocenters. The smallest absolute Gasteiger partial charge is 0.273 e. The molecule has 1 aliphatic carbocycles. The summed E-state index contributed by atoms with van der Waals surface area (Å²) in [6.07, 6.45) is 6.33. The van der Waals surface area contributed by atoms with Crippen molar-refractivity contribution in [2.75, 3.05) is 13.7 Å². The van der Waals surface area contributed by atoms with E-state index in [1.165, 1.54) is 6.33 Å². The lowest BCUT2D eigenvalue weighted by Crippen LogP contribution is -2.65. The molecule has 1 aromatic heterocycles. The summed E-state index contributed by atoms with van der Waals surface area (Å²) in [7, 11) is 1.58. The molecule has 9 heteroatoms. The predicted octanol–water partition coefficient (Wildman–Crippen LogP) is 2.51. The van der Waals surface area contributed by atoms with Crippen molar-refractivity contribution in [3.05, 3.63) is 47.5 Å². The molecule has 1 aromatic carbocycles. The van der Waals surface area contributed by atoms with Crippen LogP contribution < -0.4 is 15.4 Å². The molecule has 2 N–H and O–H groups in total. The van der Waals surface area contributed by atoms with E-state index in [1.807, 2.05) is 31.2 Å². The van der Waals surface area contributed by atoms with Crippen molar-refractivity contribution in [1.29, 1.82) is 0 Å². The Kier molecular flexibility index (Phi) is 6.90. The zero-order chi connectivity index (χ0) is 24.3. The van der Waals surface area contributed by atoms with Crippen LogP contribution in [0.15, 0.2) is 30.6 Å². The van der Waals surface area contributed by atoms with E-state index in [0.717, 1.165) is 31.2 Å². The fraction of sp³-hybridized carbons (Fsp3) is 0.520. The number of nitrogens with zero attached hydrogens (tertiary/aromatic N) is 3. The predicted molar refractivity (Wildman–Crippen MR) is 127 cm³/mol. The number of rotatable bonds is 8. The van der Waals surface area contributed by atoms with E-state index in [2.05, 4.69) is 15.6 Å². The van der Waals surface area contributed by atoms with Gasteiger partial charge in [-0.15, -0.1) is 0 Å². The van der Waals surface area contributed by atoms with Gasteiger partial charge in [0.2, 0.25) is 5.91 Å². The Hall–Kier alpha value is -3.36. The first kappa shape index (κ1) is 23.8. The second-order valence-corrected chi connectivity index (χ2v) is 9.25. The maximum atomic E-state index is 13.6. The van der Waals surface area contributed by atoms with Crippen LogP contribution in [0.5, 0.6) is 5.75 Å². The van der Waals surface area contributed by atoms with Gasteiger partial charge in [0.05, 0.1) is 20.0 Å². The maximum absolute atomic E-state index is 13.6. The van der Waals surface area contributed by atoms with Gasteiger partial charge in [-0.1, -0.05) is 38.0 Å². The highest BCUT2D eigenvalue weighted by Gasteiger charge is 2.48. The molecule has 0 unspecified atom stereocenters. The SMILES string of the molecule is CCCN1C(=O)c2c(C(=O)NCc3ccccc3OC)ncn2C[C@@]1(C)C(=O)NC1CCCC1. The Balaban J connectivity index is 1.56. The highest BCUT2D eigenvalue weighted by atomic mass is 16.5. The van der Waals surface area contributed by atoms with Gasteiger partial charge in [-0.25, -0.2) is 4.98 Å². The molecule has 0 saturated heterocycles. The standard InChI is InChI=1S/C25H33N5O4/c1-4-13-30-23(32)21-20(22(31)26-14-17-9-5-8-12-19(17)34-3)27-16-29(21)15-25(30,2)24(33)28-18-10-6-7-11-18/h5,8-9,12,16,18H,4,6-7,10-11,13-15H2,1-3H3,(H,26,31)(H,28,33)/t25-/m0/s1. The van der Waals surface area contributed by atoms with E-state index < -0.39 is 11.4 Å². The number of para-hydroxylation sites is 1. The van der Waals surface area contributed by atoms with E-state index >= 15 is 0 Å². The van der Waals surface area contributed by atoms with Gasteiger partial charge in [0.1, 0.15) is 17.0 Å². The van der Waals surface area contributed by atoms with E-state index in [9.17, 15) is 14.4 Å². The Bertz CT molecular complexity index is 1080. The van der Waals surface area contributed by atoms with Gasteiger partial charge in [-0.3, -0.25) is 14.4 Å². The van der Waals surface area contributed by atoms with Crippen molar-refractivity contribution < 1.29 is 19.1 Å². The second kappa shape index (κ2) is 9.87. The van der Waals surface area contributed by atoms with E-state index in [4.69, 9.17) is 4.74 Å². The maximum Gasteiger partial charge on any atom is 0.273 e. The van der Waals surface area contributed by atoms with E-state index in [1.54, 1.807) is 23.5 Å². The highest BCUT2D eigenvalue weighted by molar-refractivity contribution is 6.07. The molecule has 2 aromatic rings. The minimum absolute atomic E-state index is 0.0688. The van der Waals surface area contributed by atoms with Crippen LogP contribution in [0.2, 0.25) is 0 Å². The summed E-state index contributed by atoms with van der Waals surface area (Å²) in [5.41, 5.74) is 0.0621. The Labute approximate surface area is 199 Å². The molecule has 4 rings (SSSR count). The molecular formula is C25H33N5O4. The number of amides is 3. The number of carbonyl (C=O) groups is 3. The molecule has 3 amide bonds. The zero-order valence-electron chi connectivity index (χ0n) is 20.1. The molecule has 34 heavy (non-hydrogen) atoms. The van der Waals surface area contributed by atoms with Gasteiger partial charge >= 0.3 is 0 Å². The first-order chi connectivity index (χ1) is 16.4. The second-order valence-electron chi connectivity index (χ2n) is 9.25. The molecular weight excluding hydrogens is 434 g/mol. The monoisotopic (exact) mass is 467 g/mol. The quantitative estimate of drug-likeness (QED) is 0.621. The van der Waals surface area contributed by atoms with Crippen LogP contribution in [0.3, 0.4) is 0 Å². The molecule has 2 aliphatic rings. The molecule has 0 bridgehead atoms. The lowest BCUT2D eigenvalue weighted by molar-refractivity contribution is -0.133. The third-order valence-corrected chi connectivity index (χ3v) is 6.83. The normalized spacial score (nSPS) is 20.2. The number of hydrogen-bond acceptors (Lipinski definition) is 5. The van der Waals surface area contributed by atoms with Crippen molar-refractivity contribution in [3.63, 3.8) is 0 Å². The molecule has 0 radical (unpaired) electrons. The van der Waals surface area contributed by atoms with Crippen LogP contribution >= 0.6 is 0 Å². The summed E-state index contributed by atoms with van der Waals surface area (Å²) < 4.78 is 6.98. The first-order valence-electron chi connectivity index (χ1n) is 12.0. The first-order valence-corrected chi connectivity index (χ1v) is 12.0. The Morgan fingerprint density at radius 2 is 1.97 bits per heavy atom. The van der Waals surface area contributed by atoms with Crippen molar-refractivity contribution in [1.82, 2.24) is 25.1 Å². The van der Waals surface area contributed by atoms with Crippen LogP contribution in [0.25, 0.3) is 0 Å². The number of aromatic nitrogens is 2.